The minimum atomic E-state index is -0.920. The molecule has 300 valence electrons. The van der Waals surface area contributed by atoms with Crippen LogP contribution in [0.5, 0.6) is 0 Å². The Bertz CT molecular complexity index is 2290. The van der Waals surface area contributed by atoms with Gasteiger partial charge >= 0.3 is 12.2 Å². The van der Waals surface area contributed by atoms with Crippen LogP contribution in [-0.4, -0.2) is 83.8 Å². The summed E-state index contributed by atoms with van der Waals surface area (Å²) in [6.45, 7) is 11.8. The minimum Gasteiger partial charge on any atom is -0.444 e. The van der Waals surface area contributed by atoms with E-state index < -0.39 is 35.2 Å². The summed E-state index contributed by atoms with van der Waals surface area (Å²) in [5.41, 5.74) is 4.45. The highest BCUT2D eigenvalue weighted by Crippen LogP contribution is 2.36. The molecule has 0 radical (unpaired) electrons. The number of amides is 4. The van der Waals surface area contributed by atoms with Crippen LogP contribution in [0.1, 0.15) is 103 Å². The van der Waals surface area contributed by atoms with Crippen LogP contribution in [0.15, 0.2) is 66.7 Å². The first kappa shape index (κ1) is 39.7. The molecule has 57 heavy (non-hydrogen) atoms. The zero-order chi connectivity index (χ0) is 40.6. The molecule has 0 saturated carbocycles. The van der Waals surface area contributed by atoms with E-state index in [1.54, 1.807) is 51.3 Å². The normalized spacial score (nSPS) is 18.4. The lowest BCUT2D eigenvalue weighted by molar-refractivity contribution is -0.135. The highest BCUT2D eigenvalue weighted by Gasteiger charge is 2.38. The summed E-state index contributed by atoms with van der Waals surface area (Å²) in [5, 5.41) is 5.45. The number of carbonyl (C=O) groups excluding carboxylic acids is 4. The molecule has 2 aliphatic heterocycles. The first-order valence-electron chi connectivity index (χ1n) is 19.4. The summed E-state index contributed by atoms with van der Waals surface area (Å²) in [5.74, 6) is 0.106. The van der Waals surface area contributed by atoms with Crippen LogP contribution in [0.25, 0.3) is 33.2 Å². The first-order valence-corrected chi connectivity index (χ1v) is 20.1. The Morgan fingerprint density at radius 3 is 1.88 bits per heavy atom. The number of likely N-dealkylation sites (tertiary alicyclic amines) is 2. The van der Waals surface area contributed by atoms with E-state index in [2.05, 4.69) is 29.8 Å². The van der Waals surface area contributed by atoms with Crippen LogP contribution in [0.3, 0.4) is 0 Å². The molecule has 3 aromatic carbocycles. The Balaban J connectivity index is 1.08. The number of aromatic nitrogens is 4. The van der Waals surface area contributed by atoms with Crippen LogP contribution in [0.2, 0.25) is 0 Å². The Morgan fingerprint density at radius 1 is 0.702 bits per heavy atom. The standard InChI is InChI=1S/C42H51N8O6P/c1-41(2,3)55-39(53)47-33(24-12-8-7-9-13-24)37(51)49-20-10-14-31(49)34-43-27-18-16-25(22-29(27)45-34)26-17-19-28-30(23-26)46-35(44-28)32-15-11-21-50(32)38(52)36(57)48-40(54)56-42(4,5)6/h7-9,12-13,16-19,22-23,31-33,36H,10-11,14-15,20-21,57H2,1-6H3,(H,43,45)(H,44,46)(H,47,53)(H,48,54)/t31-,32-,33+,36+/m0/s1. The number of ether oxygens (including phenoxy) is 2. The van der Waals surface area contributed by atoms with Gasteiger partial charge in [0, 0.05) is 13.1 Å². The lowest BCUT2D eigenvalue weighted by Gasteiger charge is -2.29. The Morgan fingerprint density at radius 2 is 1.25 bits per heavy atom. The topological polar surface area (TPSA) is 175 Å². The summed E-state index contributed by atoms with van der Waals surface area (Å²) < 4.78 is 10.9. The molecule has 2 aromatic heterocycles. The quantitative estimate of drug-likeness (QED) is 0.117. The molecule has 0 spiro atoms. The average molecular weight is 795 g/mol. The third-order valence-electron chi connectivity index (χ3n) is 10.0. The predicted molar refractivity (Wildman–Crippen MR) is 220 cm³/mol. The number of alkyl carbamates (subject to hydrolysis) is 2. The van der Waals surface area contributed by atoms with E-state index in [0.29, 0.717) is 30.3 Å². The van der Waals surface area contributed by atoms with Crippen LogP contribution < -0.4 is 10.6 Å². The fourth-order valence-electron chi connectivity index (χ4n) is 7.56. The van der Waals surface area contributed by atoms with E-state index in [-0.39, 0.29) is 23.9 Å². The van der Waals surface area contributed by atoms with Crippen LogP contribution in [0.4, 0.5) is 9.59 Å². The van der Waals surface area contributed by atoms with Crippen molar-refractivity contribution < 1.29 is 28.7 Å². The third-order valence-corrected chi connectivity index (χ3v) is 10.5. The molecule has 15 heteroatoms. The maximum atomic E-state index is 14.2. The summed E-state index contributed by atoms with van der Waals surface area (Å²) in [7, 11) is 2.41. The monoisotopic (exact) mass is 794 g/mol. The predicted octanol–water partition coefficient (Wildman–Crippen LogP) is 7.43. The maximum Gasteiger partial charge on any atom is 0.408 e. The van der Waals surface area contributed by atoms with Gasteiger partial charge in [0.15, 0.2) is 0 Å². The number of aromatic amines is 2. The van der Waals surface area contributed by atoms with Gasteiger partial charge < -0.3 is 39.9 Å². The van der Waals surface area contributed by atoms with Gasteiger partial charge in [0.25, 0.3) is 5.91 Å². The first-order chi connectivity index (χ1) is 27.0. The van der Waals surface area contributed by atoms with Crippen molar-refractivity contribution >= 4 is 55.3 Å². The summed E-state index contributed by atoms with van der Waals surface area (Å²) >= 11 is 0. The average Bonchev–Trinajstić information content (AvgIpc) is 3.96. The Kier molecular flexibility index (Phi) is 11.0. The summed E-state index contributed by atoms with van der Waals surface area (Å²) in [6.07, 6.45) is 1.79. The molecular formula is C42H51N8O6P. The third kappa shape index (κ3) is 9.06. The molecular weight excluding hydrogens is 743 g/mol. The second-order valence-electron chi connectivity index (χ2n) is 16.7. The molecule has 14 nitrogen and oxygen atoms in total. The molecule has 2 fully saturated rings. The number of hydrogen-bond acceptors (Lipinski definition) is 8. The van der Waals surface area contributed by atoms with E-state index in [4.69, 9.17) is 19.4 Å². The van der Waals surface area contributed by atoms with E-state index >= 15 is 0 Å². The number of H-pyrrole nitrogens is 2. The van der Waals surface area contributed by atoms with Crippen molar-refractivity contribution in [3.05, 3.63) is 83.9 Å². The number of imidazole rings is 2. The molecule has 1 unspecified atom stereocenters. The van der Waals surface area contributed by atoms with Crippen molar-refractivity contribution in [2.45, 2.75) is 102 Å². The van der Waals surface area contributed by atoms with E-state index in [9.17, 15) is 19.2 Å². The van der Waals surface area contributed by atoms with Crippen LogP contribution in [0, 0.1) is 0 Å². The molecule has 0 bridgehead atoms. The zero-order valence-electron chi connectivity index (χ0n) is 33.2. The van der Waals surface area contributed by atoms with E-state index in [1.807, 2.05) is 66.7 Å². The highest BCUT2D eigenvalue weighted by molar-refractivity contribution is 7.19. The Hall–Kier alpha value is -5.49. The maximum absolute atomic E-state index is 14.2. The van der Waals surface area contributed by atoms with Gasteiger partial charge in [0.2, 0.25) is 5.91 Å². The van der Waals surface area contributed by atoms with Crippen LogP contribution >= 0.6 is 9.24 Å². The smallest absolute Gasteiger partial charge is 0.408 e. The SMILES string of the molecule is CC(C)(C)OC(=O)N[C@H](P)C(=O)N1CCC[C@H]1c1nc2cc(-c3ccc4nc([C@@H]5CCCN5C(=O)[C@H](NC(=O)OC(C)(C)C)c5ccccc5)[nH]c4c3)ccc2[nH]1. The number of fused-ring (bicyclic) bond motifs is 2. The van der Waals surface area contributed by atoms with Crippen molar-refractivity contribution in [2.75, 3.05) is 13.1 Å². The fraction of sp³-hybridized carbons (Fsp3) is 0.429. The molecule has 7 rings (SSSR count). The van der Waals surface area contributed by atoms with Crippen molar-refractivity contribution in [1.82, 2.24) is 40.4 Å². The molecule has 0 aliphatic carbocycles. The number of benzene rings is 3. The molecule has 5 atom stereocenters. The lowest BCUT2D eigenvalue weighted by atomic mass is 10.0. The number of nitrogens with zero attached hydrogens (tertiary/aromatic N) is 4. The van der Waals surface area contributed by atoms with Gasteiger partial charge in [-0.2, -0.15) is 0 Å². The number of nitrogens with one attached hydrogen (secondary N) is 4. The molecule has 4 N–H and O–H groups in total. The second-order valence-corrected chi connectivity index (χ2v) is 17.4. The van der Waals surface area contributed by atoms with Crippen molar-refractivity contribution in [1.29, 1.82) is 0 Å². The second kappa shape index (κ2) is 15.8. The van der Waals surface area contributed by atoms with Gasteiger partial charge in [-0.15, -0.1) is 9.24 Å². The van der Waals surface area contributed by atoms with Gasteiger partial charge in [0.1, 0.15) is 34.7 Å². The minimum absolute atomic E-state index is 0.222. The van der Waals surface area contributed by atoms with E-state index in [1.165, 1.54) is 0 Å². The van der Waals surface area contributed by atoms with Gasteiger partial charge in [-0.05, 0) is 108 Å². The van der Waals surface area contributed by atoms with Crippen molar-refractivity contribution in [3.63, 3.8) is 0 Å². The summed E-state index contributed by atoms with van der Waals surface area (Å²) in [4.78, 5) is 73.2. The van der Waals surface area contributed by atoms with E-state index in [0.717, 1.165) is 58.9 Å². The van der Waals surface area contributed by atoms with Gasteiger partial charge in [0.05, 0.1) is 34.2 Å². The Labute approximate surface area is 334 Å². The summed E-state index contributed by atoms with van der Waals surface area (Å²) in [6, 6.07) is 19.8. The fourth-order valence-corrected chi connectivity index (χ4v) is 7.89. The van der Waals surface area contributed by atoms with Crippen molar-refractivity contribution in [2.24, 2.45) is 0 Å². The molecule has 4 amide bonds. The molecule has 5 aromatic rings. The number of hydrogen-bond donors (Lipinski definition) is 4. The van der Waals surface area contributed by atoms with Gasteiger partial charge in [-0.25, -0.2) is 19.6 Å². The lowest BCUT2D eigenvalue weighted by Crippen LogP contribution is -2.46. The molecule has 2 saturated heterocycles. The zero-order valence-corrected chi connectivity index (χ0v) is 34.4. The molecule has 2 aliphatic rings. The van der Waals surface area contributed by atoms with Gasteiger partial charge in [-0.1, -0.05) is 42.5 Å². The largest absolute Gasteiger partial charge is 0.444 e. The number of rotatable bonds is 8. The van der Waals surface area contributed by atoms with Crippen LogP contribution in [-0.2, 0) is 19.1 Å². The molecule has 4 heterocycles. The number of carbonyl (C=O) groups is 4. The van der Waals surface area contributed by atoms with Crippen molar-refractivity contribution in [3.8, 4) is 11.1 Å². The van der Waals surface area contributed by atoms with Gasteiger partial charge in [-0.3, -0.25) is 9.59 Å². The highest BCUT2D eigenvalue weighted by atomic mass is 31.0.